The maximum absolute atomic E-state index is 4.81. The van der Waals surface area contributed by atoms with Crippen molar-refractivity contribution in [3.05, 3.63) is 231 Å². The van der Waals surface area contributed by atoms with Gasteiger partial charge >= 0.3 is 340 Å². The van der Waals surface area contributed by atoms with E-state index >= 15 is 0 Å². The van der Waals surface area contributed by atoms with Crippen molar-refractivity contribution >= 4 is 76.0 Å². The van der Waals surface area contributed by atoms with Gasteiger partial charge in [-0.2, -0.15) is 0 Å². The summed E-state index contributed by atoms with van der Waals surface area (Å²) < 4.78 is 0. The van der Waals surface area contributed by atoms with E-state index in [0.717, 1.165) is 0 Å². The van der Waals surface area contributed by atoms with Crippen molar-refractivity contribution < 1.29 is 33.0 Å². The van der Waals surface area contributed by atoms with Crippen LogP contribution in [-0.4, -0.2) is 0 Å². The SMILES string of the molecule is [Cl][Pd][Cl].[Fe+2].c1ccc([PH](c2ccccc2)(c2ccccc2)[c-]2cccc2)cc1.c1ccc([PH](c2ccccc2)(c2ccccc2)[c-]2cccc2)cc1. The zero-order chi connectivity index (χ0) is 35.2. The van der Waals surface area contributed by atoms with E-state index in [-0.39, 0.29) is 33.0 Å². The van der Waals surface area contributed by atoms with Crippen molar-refractivity contribution in [2.45, 2.75) is 0 Å². The second-order valence-corrected chi connectivity index (χ2v) is 22.1. The molecule has 0 aliphatic rings. The van der Waals surface area contributed by atoms with Crippen LogP contribution in [0.2, 0.25) is 0 Å². The van der Waals surface area contributed by atoms with E-state index in [2.05, 4.69) is 231 Å². The summed E-state index contributed by atoms with van der Waals surface area (Å²) >= 11 is -0.106. The summed E-state index contributed by atoms with van der Waals surface area (Å²) in [4.78, 5) is 0. The summed E-state index contributed by atoms with van der Waals surface area (Å²) in [5, 5.41) is 11.4. The summed E-state index contributed by atoms with van der Waals surface area (Å²) in [5.74, 6) is 0. The van der Waals surface area contributed by atoms with Gasteiger partial charge in [-0.3, -0.25) is 0 Å². The third-order valence-electron chi connectivity index (χ3n) is 9.43. The van der Waals surface area contributed by atoms with Gasteiger partial charge in [0.1, 0.15) is 0 Å². The minimum absolute atomic E-state index is 0. The van der Waals surface area contributed by atoms with Gasteiger partial charge in [-0.05, 0) is 0 Å². The Morgan fingerprint density at radius 2 is 0.442 bits per heavy atom. The molecule has 0 nitrogen and oxygen atoms in total. The van der Waals surface area contributed by atoms with Crippen LogP contribution >= 0.6 is 33.6 Å². The summed E-state index contributed by atoms with van der Waals surface area (Å²) in [6.07, 6.45) is 0. The molecule has 0 amide bonds. The summed E-state index contributed by atoms with van der Waals surface area (Å²) in [6, 6.07) is 83.8. The molecule has 0 unspecified atom stereocenters. The molecule has 0 radical (unpaired) electrons. The first kappa shape index (κ1) is 39.8. The fourth-order valence-electron chi connectivity index (χ4n) is 7.38. The molecule has 0 fully saturated rings. The van der Waals surface area contributed by atoms with Gasteiger partial charge < -0.3 is 0 Å². The van der Waals surface area contributed by atoms with Crippen LogP contribution in [0.25, 0.3) is 0 Å². The topological polar surface area (TPSA) is 0 Å². The molecule has 266 valence electrons. The predicted octanol–water partition coefficient (Wildman–Crippen LogP) is 8.89. The third kappa shape index (κ3) is 8.54. The average Bonchev–Trinajstić information content (AvgIpc) is 3.96. The molecular weight excluding hydrogens is 848 g/mol. The Hall–Kier alpha value is -3.36. The zero-order valence-corrected chi connectivity index (χ0v) is 34.5. The van der Waals surface area contributed by atoms with Crippen molar-refractivity contribution in [3.63, 3.8) is 0 Å². The first-order valence-corrected chi connectivity index (χ1v) is 24.9. The van der Waals surface area contributed by atoms with Gasteiger partial charge in [-0.25, -0.2) is 0 Å². The Morgan fingerprint density at radius 1 is 0.288 bits per heavy atom. The van der Waals surface area contributed by atoms with Crippen LogP contribution in [0.4, 0.5) is 0 Å². The monoisotopic (exact) mass is 886 g/mol. The van der Waals surface area contributed by atoms with Crippen LogP contribution < -0.4 is 42.4 Å². The summed E-state index contributed by atoms with van der Waals surface area (Å²) in [7, 11) is 5.13. The number of halogens is 2. The third-order valence-corrected chi connectivity index (χ3v) is 19.0. The van der Waals surface area contributed by atoms with Crippen LogP contribution in [-0.2, 0) is 33.0 Å². The maximum atomic E-state index is 4.81. The van der Waals surface area contributed by atoms with Crippen LogP contribution in [0.15, 0.2) is 231 Å². The van der Waals surface area contributed by atoms with Crippen LogP contribution in [0.5, 0.6) is 0 Å². The Kier molecular flexibility index (Phi) is 15.5. The van der Waals surface area contributed by atoms with Crippen LogP contribution in [0.1, 0.15) is 0 Å². The zero-order valence-electron chi connectivity index (χ0n) is 28.4. The quantitative estimate of drug-likeness (QED) is 0.0814. The fourth-order valence-corrected chi connectivity index (χ4v) is 16.9. The van der Waals surface area contributed by atoms with E-state index in [4.69, 9.17) is 19.1 Å². The Bertz CT molecular complexity index is 1760. The first-order valence-electron chi connectivity index (χ1n) is 16.9. The van der Waals surface area contributed by atoms with Crippen LogP contribution in [0, 0.1) is 0 Å². The number of benzene rings is 6. The van der Waals surface area contributed by atoms with Gasteiger partial charge in [0.05, 0.1) is 0 Å². The molecule has 0 atom stereocenters. The van der Waals surface area contributed by atoms with Gasteiger partial charge in [0.2, 0.25) is 0 Å². The Balaban J connectivity index is 0.000000184. The normalized spacial score (nSPS) is 11.5. The van der Waals surface area contributed by atoms with Crippen molar-refractivity contribution in [2.75, 3.05) is 0 Å². The van der Waals surface area contributed by atoms with Gasteiger partial charge in [0.15, 0.2) is 0 Å². The Morgan fingerprint density at radius 3 is 0.596 bits per heavy atom. The predicted molar refractivity (Wildman–Crippen MR) is 228 cm³/mol. The van der Waals surface area contributed by atoms with Crippen molar-refractivity contribution in [2.24, 2.45) is 0 Å². The van der Waals surface area contributed by atoms with E-state index in [0.29, 0.717) is 0 Å². The molecule has 0 N–H and O–H groups in total. The molecule has 0 spiro atoms. The van der Waals surface area contributed by atoms with Gasteiger partial charge in [0.25, 0.3) is 0 Å². The number of rotatable bonds is 8. The number of hydrogen-bond acceptors (Lipinski definition) is 0. The molecule has 6 heteroatoms. The van der Waals surface area contributed by atoms with Crippen LogP contribution in [0.3, 0.4) is 0 Å². The van der Waals surface area contributed by atoms with Crippen molar-refractivity contribution in [1.82, 2.24) is 0 Å². The van der Waals surface area contributed by atoms with Gasteiger partial charge in [-0.1, -0.05) is 0 Å². The first-order chi connectivity index (χ1) is 25.3. The molecule has 0 heterocycles. The van der Waals surface area contributed by atoms with E-state index in [1.54, 1.807) is 0 Å². The molecule has 0 bridgehead atoms. The molecule has 52 heavy (non-hydrogen) atoms. The molecule has 8 aromatic carbocycles. The minimum atomic E-state index is -2.25. The van der Waals surface area contributed by atoms with E-state index < -0.39 is 14.5 Å². The summed E-state index contributed by atoms with van der Waals surface area (Å²) in [6.45, 7) is 0. The van der Waals surface area contributed by atoms with E-state index in [9.17, 15) is 0 Å². The molecule has 0 aliphatic heterocycles. The standard InChI is InChI=1S/2C23H20P.2ClH.Fe.Pd/c2*1-4-12-20(13-5-1)24(23-18-10-11-19-23,21-14-6-2-7-15-21)22-16-8-3-9-17-22;;;;/h2*1-19,24H;2*1H;;/q2*-1;;;2*+2/p-2. The number of hydrogen-bond donors (Lipinski definition) is 0. The molecular formula is C46H40Cl2FeP2Pd. The average molecular weight is 888 g/mol. The second-order valence-electron chi connectivity index (χ2n) is 12.1. The molecule has 8 aromatic rings. The molecule has 0 aliphatic carbocycles. The van der Waals surface area contributed by atoms with Crippen molar-refractivity contribution in [1.29, 1.82) is 0 Å². The molecule has 0 saturated carbocycles. The fraction of sp³-hybridized carbons (Fsp3) is 0. The summed E-state index contributed by atoms with van der Waals surface area (Å²) in [5.41, 5.74) is 0. The second kappa shape index (κ2) is 20.2. The Labute approximate surface area is 336 Å². The van der Waals surface area contributed by atoms with Crippen molar-refractivity contribution in [3.8, 4) is 0 Å². The molecule has 0 aromatic heterocycles. The van der Waals surface area contributed by atoms with E-state index in [1.807, 2.05) is 0 Å². The van der Waals surface area contributed by atoms with Gasteiger partial charge in [0, 0.05) is 0 Å². The molecule has 0 saturated heterocycles. The van der Waals surface area contributed by atoms with E-state index in [1.165, 1.54) is 42.4 Å². The molecule has 8 rings (SSSR count). The van der Waals surface area contributed by atoms with Gasteiger partial charge in [-0.15, -0.1) is 0 Å².